The van der Waals surface area contributed by atoms with Crippen molar-refractivity contribution in [1.82, 2.24) is 14.8 Å². The van der Waals surface area contributed by atoms with Crippen LogP contribution in [0.25, 0.3) is 5.69 Å². The van der Waals surface area contributed by atoms with Crippen molar-refractivity contribution in [3.8, 4) is 5.69 Å². The number of hydrogen-bond donors (Lipinski definition) is 1. The van der Waals surface area contributed by atoms with Crippen LogP contribution in [0.1, 0.15) is 25.1 Å². The van der Waals surface area contributed by atoms with Gasteiger partial charge in [0.2, 0.25) is 11.8 Å². The lowest BCUT2D eigenvalue weighted by atomic mass is 10.2. The van der Waals surface area contributed by atoms with Gasteiger partial charge in [0.05, 0.1) is 22.2 Å². The van der Waals surface area contributed by atoms with E-state index >= 15 is 0 Å². The van der Waals surface area contributed by atoms with Gasteiger partial charge in [-0.25, -0.2) is 0 Å². The maximum atomic E-state index is 13.0. The third kappa shape index (κ3) is 5.69. The van der Waals surface area contributed by atoms with Crippen LogP contribution in [0.15, 0.2) is 65.1 Å². The largest absolute Gasteiger partial charge is 0.353 e. The number of benzene rings is 1. The highest BCUT2D eigenvalue weighted by molar-refractivity contribution is 7.99. The van der Waals surface area contributed by atoms with E-state index in [1.54, 1.807) is 16.2 Å². The number of thioether (sulfide) groups is 1. The molecule has 3 heterocycles. The molecule has 0 fully saturated rings. The first kappa shape index (κ1) is 23.6. The van der Waals surface area contributed by atoms with Gasteiger partial charge < -0.3 is 14.8 Å². The van der Waals surface area contributed by atoms with Crippen LogP contribution in [0.3, 0.4) is 0 Å². The fourth-order valence-electron chi connectivity index (χ4n) is 3.95. The Kier molecular flexibility index (Phi) is 7.90. The first-order valence-electron chi connectivity index (χ1n) is 11.3. The number of nitrogens with one attached hydrogen (secondary N) is 1. The minimum atomic E-state index is -0.142. The Morgan fingerprint density at radius 2 is 1.97 bits per heavy atom. The average Bonchev–Trinajstić information content (AvgIpc) is 3.51. The number of aromatic nitrogens is 1. The summed E-state index contributed by atoms with van der Waals surface area (Å²) in [6, 6.07) is 16.4. The summed E-state index contributed by atoms with van der Waals surface area (Å²) in [5.74, 6) is 0.0967. The molecule has 33 heavy (non-hydrogen) atoms. The molecule has 0 saturated carbocycles. The number of para-hydroxylation sites is 2. The zero-order valence-corrected chi connectivity index (χ0v) is 20.7. The number of carbonyl (C=O) groups is 2. The SMILES string of the molecule is CC[C@@H](C)N(CCNC(=O)CN1C(=O)CSc2cccn2-c2ccccc21)Cc1cccs1. The zero-order chi connectivity index (χ0) is 23.2. The van der Waals surface area contributed by atoms with Crippen molar-refractivity contribution in [3.05, 3.63) is 65.0 Å². The number of rotatable bonds is 9. The second-order valence-electron chi connectivity index (χ2n) is 8.13. The molecule has 0 spiro atoms. The van der Waals surface area contributed by atoms with E-state index in [0.717, 1.165) is 35.9 Å². The molecular weight excluding hydrogens is 452 g/mol. The predicted molar refractivity (Wildman–Crippen MR) is 136 cm³/mol. The van der Waals surface area contributed by atoms with Crippen LogP contribution in [-0.2, 0) is 16.1 Å². The minimum Gasteiger partial charge on any atom is -0.353 e. The lowest BCUT2D eigenvalue weighted by Gasteiger charge is -2.29. The number of hydrogen-bond acceptors (Lipinski definition) is 5. The smallest absolute Gasteiger partial charge is 0.240 e. The van der Waals surface area contributed by atoms with Crippen molar-refractivity contribution in [2.45, 2.75) is 37.9 Å². The van der Waals surface area contributed by atoms with Gasteiger partial charge in [-0.05, 0) is 49.1 Å². The molecule has 1 aromatic carbocycles. The molecule has 3 aromatic rings. The first-order chi connectivity index (χ1) is 16.1. The molecule has 1 aliphatic rings. The summed E-state index contributed by atoms with van der Waals surface area (Å²) in [6.07, 6.45) is 3.05. The van der Waals surface area contributed by atoms with Crippen LogP contribution < -0.4 is 10.2 Å². The van der Waals surface area contributed by atoms with Crippen molar-refractivity contribution in [2.24, 2.45) is 0 Å². The third-order valence-electron chi connectivity index (χ3n) is 5.96. The Balaban J connectivity index is 1.41. The number of nitrogens with zero attached hydrogens (tertiary/aromatic N) is 3. The van der Waals surface area contributed by atoms with Gasteiger partial charge in [-0.1, -0.05) is 36.9 Å². The van der Waals surface area contributed by atoms with E-state index in [1.165, 1.54) is 16.6 Å². The van der Waals surface area contributed by atoms with E-state index in [0.29, 0.717) is 18.3 Å². The second kappa shape index (κ2) is 11.0. The van der Waals surface area contributed by atoms with Gasteiger partial charge >= 0.3 is 0 Å². The molecule has 0 saturated heterocycles. The summed E-state index contributed by atoms with van der Waals surface area (Å²) in [5, 5.41) is 6.16. The summed E-state index contributed by atoms with van der Waals surface area (Å²) in [5.41, 5.74) is 1.67. The molecule has 0 bridgehead atoms. The Bertz CT molecular complexity index is 1080. The van der Waals surface area contributed by atoms with Crippen molar-refractivity contribution in [3.63, 3.8) is 0 Å². The maximum Gasteiger partial charge on any atom is 0.240 e. The summed E-state index contributed by atoms with van der Waals surface area (Å²) in [4.78, 5) is 31.2. The van der Waals surface area contributed by atoms with Crippen molar-refractivity contribution >= 4 is 40.6 Å². The molecule has 1 aliphatic heterocycles. The lowest BCUT2D eigenvalue weighted by Crippen LogP contribution is -2.45. The highest BCUT2D eigenvalue weighted by atomic mass is 32.2. The van der Waals surface area contributed by atoms with Crippen LogP contribution in [0.5, 0.6) is 0 Å². The summed E-state index contributed by atoms with van der Waals surface area (Å²) >= 11 is 3.25. The number of amides is 2. The highest BCUT2D eigenvalue weighted by Crippen LogP contribution is 2.32. The first-order valence-corrected chi connectivity index (χ1v) is 13.2. The molecule has 8 heteroatoms. The topological polar surface area (TPSA) is 57.6 Å². The van der Waals surface area contributed by atoms with Crippen LogP contribution in [0.4, 0.5) is 5.69 Å². The Morgan fingerprint density at radius 3 is 2.73 bits per heavy atom. The van der Waals surface area contributed by atoms with Crippen LogP contribution in [0.2, 0.25) is 0 Å². The fourth-order valence-corrected chi connectivity index (χ4v) is 5.58. The van der Waals surface area contributed by atoms with E-state index in [1.807, 2.05) is 42.6 Å². The highest BCUT2D eigenvalue weighted by Gasteiger charge is 2.25. The molecule has 0 unspecified atom stereocenters. The lowest BCUT2D eigenvalue weighted by molar-refractivity contribution is -0.123. The van der Waals surface area contributed by atoms with E-state index < -0.39 is 0 Å². The van der Waals surface area contributed by atoms with Gasteiger partial charge in [0.25, 0.3) is 0 Å². The number of anilines is 1. The van der Waals surface area contributed by atoms with Gasteiger partial charge in [0.15, 0.2) is 0 Å². The number of carbonyl (C=O) groups excluding carboxylic acids is 2. The molecule has 174 valence electrons. The molecule has 1 atom stereocenters. The normalized spacial score (nSPS) is 14.4. The standard InChI is InChI=1S/C25H30N4O2S2/c1-3-19(2)27(16-20-8-7-15-32-20)14-12-26-23(30)17-29-22-10-5-4-9-21(22)28-13-6-11-25(28)33-18-24(29)31/h4-11,13,15,19H,3,12,14,16-18H2,1-2H3,(H,26,30)/t19-/m1/s1. The molecule has 2 amide bonds. The van der Waals surface area contributed by atoms with Crippen LogP contribution in [-0.4, -0.2) is 52.7 Å². The molecular formula is C25H30N4O2S2. The fraction of sp³-hybridized carbons (Fsp3) is 0.360. The van der Waals surface area contributed by atoms with Gasteiger partial charge in [-0.3, -0.25) is 14.5 Å². The van der Waals surface area contributed by atoms with Gasteiger partial charge in [0.1, 0.15) is 6.54 Å². The van der Waals surface area contributed by atoms with E-state index in [-0.39, 0.29) is 18.4 Å². The molecule has 4 rings (SSSR count). The maximum absolute atomic E-state index is 13.0. The Labute approximate surface area is 203 Å². The van der Waals surface area contributed by atoms with Crippen LogP contribution >= 0.6 is 23.1 Å². The Hall–Kier alpha value is -2.55. The molecule has 2 aromatic heterocycles. The van der Waals surface area contributed by atoms with Gasteiger partial charge in [0, 0.05) is 36.8 Å². The zero-order valence-electron chi connectivity index (χ0n) is 19.1. The molecule has 0 aliphatic carbocycles. The van der Waals surface area contributed by atoms with E-state index in [2.05, 4.69) is 46.1 Å². The van der Waals surface area contributed by atoms with E-state index in [4.69, 9.17) is 0 Å². The molecule has 6 nitrogen and oxygen atoms in total. The van der Waals surface area contributed by atoms with Crippen molar-refractivity contribution in [2.75, 3.05) is 30.3 Å². The predicted octanol–water partition coefficient (Wildman–Crippen LogP) is 4.39. The number of fused-ring (bicyclic) bond motifs is 3. The summed E-state index contributed by atoms with van der Waals surface area (Å²) in [7, 11) is 0. The molecule has 0 radical (unpaired) electrons. The van der Waals surface area contributed by atoms with Crippen LogP contribution in [0, 0.1) is 0 Å². The second-order valence-corrected chi connectivity index (χ2v) is 10.2. The number of thiophene rings is 1. The molecule has 1 N–H and O–H groups in total. The van der Waals surface area contributed by atoms with E-state index in [9.17, 15) is 9.59 Å². The quantitative estimate of drug-likeness (QED) is 0.491. The Morgan fingerprint density at radius 1 is 1.15 bits per heavy atom. The van der Waals surface area contributed by atoms with Crippen molar-refractivity contribution < 1.29 is 9.59 Å². The average molecular weight is 483 g/mol. The van der Waals surface area contributed by atoms with Gasteiger partial charge in [-0.2, -0.15) is 0 Å². The summed E-state index contributed by atoms with van der Waals surface area (Å²) < 4.78 is 2.08. The summed E-state index contributed by atoms with van der Waals surface area (Å²) in [6.45, 7) is 6.63. The third-order valence-corrected chi connectivity index (χ3v) is 7.85. The monoisotopic (exact) mass is 482 g/mol. The minimum absolute atomic E-state index is 0.0151. The van der Waals surface area contributed by atoms with Crippen molar-refractivity contribution in [1.29, 1.82) is 0 Å². The van der Waals surface area contributed by atoms with Gasteiger partial charge in [-0.15, -0.1) is 11.3 Å².